The van der Waals surface area contributed by atoms with Gasteiger partial charge < -0.3 is 10.0 Å². The van der Waals surface area contributed by atoms with Gasteiger partial charge in [0.2, 0.25) is 0 Å². The standard InChI is InChI=1S/C24H27F3N2O2/c1-23(31,24(25,26)27)19-8-4-17(5-9-19)22(30)29(21-12-13-21)20-10-6-16(7-11-20)18-3-2-14-28-15-18/h2-5,8-9,14-16,20-21,31H,6-7,10-13H2,1H3/t16-,20-,23-/m0/s1. The summed E-state index contributed by atoms with van der Waals surface area (Å²) in [7, 11) is 0. The molecule has 1 aromatic carbocycles. The lowest BCUT2D eigenvalue weighted by molar-refractivity contribution is -0.258. The maximum atomic E-state index is 13.3. The number of hydrogen-bond acceptors (Lipinski definition) is 3. The van der Waals surface area contributed by atoms with E-state index in [-0.39, 0.29) is 23.6 Å². The number of pyridine rings is 1. The summed E-state index contributed by atoms with van der Waals surface area (Å²) in [4.78, 5) is 19.4. The average Bonchev–Trinajstić information content (AvgIpc) is 3.59. The van der Waals surface area contributed by atoms with Crippen LogP contribution in [0.3, 0.4) is 0 Å². The molecule has 1 amide bonds. The summed E-state index contributed by atoms with van der Waals surface area (Å²) >= 11 is 0. The summed E-state index contributed by atoms with van der Waals surface area (Å²) < 4.78 is 39.3. The summed E-state index contributed by atoms with van der Waals surface area (Å²) in [6.07, 6.45) is 4.61. The van der Waals surface area contributed by atoms with Gasteiger partial charge in [0.05, 0.1) is 0 Å². The van der Waals surface area contributed by atoms with Crippen molar-refractivity contribution >= 4 is 5.91 Å². The van der Waals surface area contributed by atoms with Gasteiger partial charge in [-0.3, -0.25) is 9.78 Å². The number of hydrogen-bond donors (Lipinski definition) is 1. The second kappa shape index (κ2) is 8.26. The fraction of sp³-hybridized carbons (Fsp3) is 0.500. The molecule has 0 aliphatic heterocycles. The number of aromatic nitrogens is 1. The molecule has 0 bridgehead atoms. The van der Waals surface area contributed by atoms with Crippen molar-refractivity contribution in [1.82, 2.24) is 9.88 Å². The maximum absolute atomic E-state index is 13.3. The first-order valence-electron chi connectivity index (χ1n) is 10.8. The van der Waals surface area contributed by atoms with Crippen LogP contribution in [0.2, 0.25) is 0 Å². The molecule has 1 atom stereocenters. The monoisotopic (exact) mass is 432 g/mol. The third-order valence-electron chi connectivity index (χ3n) is 6.67. The topological polar surface area (TPSA) is 53.4 Å². The molecule has 4 nitrogen and oxygen atoms in total. The first-order chi connectivity index (χ1) is 14.7. The molecule has 4 rings (SSSR count). The molecule has 1 N–H and O–H groups in total. The summed E-state index contributed by atoms with van der Waals surface area (Å²) in [5, 5.41) is 9.86. The minimum absolute atomic E-state index is 0.134. The van der Waals surface area contributed by atoms with E-state index in [4.69, 9.17) is 0 Å². The predicted molar refractivity (Wildman–Crippen MR) is 110 cm³/mol. The van der Waals surface area contributed by atoms with Gasteiger partial charge in [-0.1, -0.05) is 18.2 Å². The van der Waals surface area contributed by atoms with Crippen molar-refractivity contribution in [1.29, 1.82) is 0 Å². The van der Waals surface area contributed by atoms with Gasteiger partial charge in [0, 0.05) is 30.0 Å². The largest absolute Gasteiger partial charge is 0.421 e. The molecule has 2 aliphatic carbocycles. The highest BCUT2D eigenvalue weighted by Gasteiger charge is 2.51. The molecule has 7 heteroatoms. The first-order valence-corrected chi connectivity index (χ1v) is 10.8. The maximum Gasteiger partial charge on any atom is 0.421 e. The van der Waals surface area contributed by atoms with Gasteiger partial charge in [-0.25, -0.2) is 0 Å². The molecule has 166 valence electrons. The summed E-state index contributed by atoms with van der Waals surface area (Å²) in [6, 6.07) is 9.59. The highest BCUT2D eigenvalue weighted by atomic mass is 19.4. The molecular formula is C24H27F3N2O2. The van der Waals surface area contributed by atoms with E-state index in [9.17, 15) is 23.1 Å². The number of amides is 1. The molecular weight excluding hydrogens is 405 g/mol. The van der Waals surface area contributed by atoms with Crippen molar-refractivity contribution in [2.75, 3.05) is 0 Å². The molecule has 31 heavy (non-hydrogen) atoms. The number of halogens is 3. The number of aliphatic hydroxyl groups is 1. The molecule has 1 heterocycles. The number of carbonyl (C=O) groups excluding carboxylic acids is 1. The van der Waals surface area contributed by atoms with E-state index >= 15 is 0 Å². The quantitative estimate of drug-likeness (QED) is 0.708. The van der Waals surface area contributed by atoms with Crippen LogP contribution in [0.15, 0.2) is 48.8 Å². The van der Waals surface area contributed by atoms with Gasteiger partial charge in [-0.15, -0.1) is 0 Å². The minimum atomic E-state index is -4.79. The van der Waals surface area contributed by atoms with Crippen LogP contribution in [0.1, 0.15) is 72.9 Å². The Labute approximate surface area is 180 Å². The zero-order valence-electron chi connectivity index (χ0n) is 17.5. The van der Waals surface area contributed by atoms with Crippen LogP contribution in [-0.2, 0) is 5.60 Å². The van der Waals surface area contributed by atoms with Crippen LogP contribution in [0, 0.1) is 0 Å². The molecule has 2 aromatic rings. The van der Waals surface area contributed by atoms with Crippen LogP contribution in [0.4, 0.5) is 13.2 Å². The Morgan fingerprint density at radius 2 is 1.58 bits per heavy atom. The Balaban J connectivity index is 1.46. The number of benzene rings is 1. The highest BCUT2D eigenvalue weighted by molar-refractivity contribution is 5.95. The second-order valence-electron chi connectivity index (χ2n) is 8.88. The lowest BCUT2D eigenvalue weighted by Gasteiger charge is -2.37. The van der Waals surface area contributed by atoms with Gasteiger partial charge >= 0.3 is 6.18 Å². The fourth-order valence-electron chi connectivity index (χ4n) is 4.54. The third kappa shape index (κ3) is 4.47. The fourth-order valence-corrected chi connectivity index (χ4v) is 4.54. The molecule has 2 aliphatic rings. The molecule has 0 unspecified atom stereocenters. The second-order valence-corrected chi connectivity index (χ2v) is 8.88. The zero-order valence-corrected chi connectivity index (χ0v) is 17.5. The van der Waals surface area contributed by atoms with Gasteiger partial charge in [-0.05, 0) is 80.7 Å². The van der Waals surface area contributed by atoms with Gasteiger partial charge in [0.25, 0.3) is 5.91 Å². The van der Waals surface area contributed by atoms with Crippen LogP contribution >= 0.6 is 0 Å². The summed E-state index contributed by atoms with van der Waals surface area (Å²) in [5.74, 6) is 0.315. The van der Waals surface area contributed by atoms with Crippen molar-refractivity contribution in [2.45, 2.75) is 75.2 Å². The van der Waals surface area contributed by atoms with Crippen molar-refractivity contribution in [3.05, 3.63) is 65.5 Å². The number of nitrogens with zero attached hydrogens (tertiary/aromatic N) is 2. The molecule has 2 saturated carbocycles. The Hall–Kier alpha value is -2.41. The Kier molecular flexibility index (Phi) is 5.81. The Morgan fingerprint density at radius 1 is 1.00 bits per heavy atom. The van der Waals surface area contributed by atoms with Gasteiger partial charge in [0.15, 0.2) is 5.60 Å². The van der Waals surface area contributed by atoms with E-state index in [0.29, 0.717) is 11.5 Å². The lowest BCUT2D eigenvalue weighted by atomic mass is 9.81. The van der Waals surface area contributed by atoms with E-state index in [0.717, 1.165) is 45.4 Å². The van der Waals surface area contributed by atoms with E-state index in [1.54, 1.807) is 6.20 Å². The molecule has 1 aromatic heterocycles. The van der Waals surface area contributed by atoms with Crippen molar-refractivity contribution in [3.8, 4) is 0 Å². The summed E-state index contributed by atoms with van der Waals surface area (Å²) in [6.45, 7) is 0.723. The molecule has 0 saturated heterocycles. The third-order valence-corrected chi connectivity index (χ3v) is 6.67. The van der Waals surface area contributed by atoms with Gasteiger partial charge in [0.1, 0.15) is 0 Å². The van der Waals surface area contributed by atoms with Gasteiger partial charge in [-0.2, -0.15) is 13.2 Å². The van der Waals surface area contributed by atoms with E-state index < -0.39 is 11.8 Å². The van der Waals surface area contributed by atoms with Crippen molar-refractivity contribution in [2.24, 2.45) is 0 Å². The Bertz CT molecular complexity index is 901. The Morgan fingerprint density at radius 3 is 2.06 bits per heavy atom. The average molecular weight is 432 g/mol. The van der Waals surface area contributed by atoms with E-state index in [2.05, 4.69) is 11.1 Å². The summed E-state index contributed by atoms with van der Waals surface area (Å²) in [5.41, 5.74) is -1.62. The normalized spacial score (nSPS) is 23.8. The lowest BCUT2D eigenvalue weighted by Crippen LogP contribution is -2.44. The smallest absolute Gasteiger partial charge is 0.376 e. The zero-order chi connectivity index (χ0) is 22.2. The molecule has 0 radical (unpaired) electrons. The minimum Gasteiger partial charge on any atom is -0.376 e. The van der Waals surface area contributed by atoms with Crippen LogP contribution < -0.4 is 0 Å². The number of carbonyl (C=O) groups is 1. The van der Waals surface area contributed by atoms with Crippen LogP contribution in [0.25, 0.3) is 0 Å². The van der Waals surface area contributed by atoms with Crippen molar-refractivity contribution < 1.29 is 23.1 Å². The number of rotatable bonds is 5. The number of alkyl halides is 3. The molecule has 2 fully saturated rings. The highest BCUT2D eigenvalue weighted by Crippen LogP contribution is 2.40. The van der Waals surface area contributed by atoms with Crippen molar-refractivity contribution in [3.63, 3.8) is 0 Å². The van der Waals surface area contributed by atoms with Crippen LogP contribution in [-0.4, -0.2) is 39.2 Å². The van der Waals surface area contributed by atoms with Crippen LogP contribution in [0.5, 0.6) is 0 Å². The predicted octanol–water partition coefficient (Wildman–Crippen LogP) is 5.18. The SMILES string of the molecule is C[C@](O)(c1ccc(C(=O)N(C2CC2)[C@H]2CC[C@H](c3cccnc3)CC2)cc1)C(F)(F)F. The first kappa shape index (κ1) is 21.8. The molecule has 0 spiro atoms. The van der Waals surface area contributed by atoms with E-state index in [1.165, 1.54) is 29.8 Å². The van der Waals surface area contributed by atoms with E-state index in [1.807, 2.05) is 17.2 Å².